The molecule has 0 amide bonds. The Kier molecular flexibility index (Phi) is 6.31. The maximum absolute atomic E-state index is 10.7. The highest BCUT2D eigenvalue weighted by atomic mass is 32.2. The van der Waals surface area contributed by atoms with Gasteiger partial charge >= 0.3 is 0 Å². The molecule has 0 saturated carbocycles. The molecule has 0 aliphatic carbocycles. The van der Waals surface area contributed by atoms with Crippen molar-refractivity contribution < 1.29 is 13.2 Å². The van der Waals surface area contributed by atoms with Crippen LogP contribution in [0.2, 0.25) is 0 Å². The third-order valence-corrected chi connectivity index (χ3v) is 3.77. The molecule has 4 nitrogen and oxygen atoms in total. The molecule has 0 bridgehead atoms. The van der Waals surface area contributed by atoms with Crippen LogP contribution in [-0.2, 0) is 10.0 Å². The van der Waals surface area contributed by atoms with Crippen LogP contribution in [-0.4, -0.2) is 20.8 Å². The number of ether oxygens (including phenoxy) is 1. The molecular formula is C14H23NO3S. The van der Waals surface area contributed by atoms with Gasteiger partial charge in [-0.05, 0) is 38.3 Å². The fourth-order valence-corrected chi connectivity index (χ4v) is 2.51. The number of hydrogen-bond acceptors (Lipinski definition) is 3. The van der Waals surface area contributed by atoms with E-state index in [-0.39, 0.29) is 5.75 Å². The Hall–Kier alpha value is -1.07. The second kappa shape index (κ2) is 7.50. The second-order valence-corrected chi connectivity index (χ2v) is 6.63. The molecule has 108 valence electrons. The van der Waals surface area contributed by atoms with Crippen LogP contribution in [0.1, 0.15) is 36.8 Å². The lowest BCUT2D eigenvalue weighted by atomic mass is 10.1. The van der Waals surface area contributed by atoms with Crippen molar-refractivity contribution in [3.63, 3.8) is 0 Å². The highest BCUT2D eigenvalue weighted by molar-refractivity contribution is 7.89. The zero-order valence-electron chi connectivity index (χ0n) is 11.7. The van der Waals surface area contributed by atoms with Crippen molar-refractivity contribution in [3.05, 3.63) is 29.3 Å². The molecular weight excluding hydrogens is 262 g/mol. The minimum atomic E-state index is -3.30. The molecule has 0 saturated heterocycles. The summed E-state index contributed by atoms with van der Waals surface area (Å²) in [5.74, 6) is 1.00. The van der Waals surface area contributed by atoms with Crippen molar-refractivity contribution in [2.45, 2.75) is 39.5 Å². The van der Waals surface area contributed by atoms with Crippen LogP contribution < -0.4 is 9.88 Å². The average molecular weight is 285 g/mol. The number of aryl methyl sites for hydroxylation is 2. The van der Waals surface area contributed by atoms with Gasteiger partial charge in [-0.3, -0.25) is 0 Å². The van der Waals surface area contributed by atoms with Crippen LogP contribution in [0.5, 0.6) is 5.75 Å². The van der Waals surface area contributed by atoms with E-state index < -0.39 is 10.0 Å². The van der Waals surface area contributed by atoms with Gasteiger partial charge in [0.25, 0.3) is 0 Å². The molecule has 2 N–H and O–H groups in total. The minimum Gasteiger partial charge on any atom is -0.493 e. The molecule has 5 heteroatoms. The Morgan fingerprint density at radius 3 is 2.42 bits per heavy atom. The van der Waals surface area contributed by atoms with Gasteiger partial charge in [0.1, 0.15) is 5.75 Å². The Morgan fingerprint density at radius 2 is 1.79 bits per heavy atom. The summed E-state index contributed by atoms with van der Waals surface area (Å²) < 4.78 is 27.1. The normalized spacial score (nSPS) is 11.5. The molecule has 0 aromatic heterocycles. The number of rotatable bonds is 8. The van der Waals surface area contributed by atoms with E-state index in [1.165, 1.54) is 5.56 Å². The predicted molar refractivity (Wildman–Crippen MR) is 77.9 cm³/mol. The molecule has 0 spiro atoms. The largest absolute Gasteiger partial charge is 0.493 e. The quantitative estimate of drug-likeness (QED) is 0.746. The Bertz CT molecular complexity index is 497. The van der Waals surface area contributed by atoms with Crippen LogP contribution in [0, 0.1) is 13.8 Å². The van der Waals surface area contributed by atoms with Crippen LogP contribution >= 0.6 is 0 Å². The molecule has 0 radical (unpaired) electrons. The Balaban J connectivity index is 2.14. The molecule has 19 heavy (non-hydrogen) atoms. The molecule has 0 fully saturated rings. The number of benzene rings is 1. The molecule has 0 aliphatic rings. The second-order valence-electron chi connectivity index (χ2n) is 4.90. The molecule has 1 rings (SSSR count). The van der Waals surface area contributed by atoms with Crippen molar-refractivity contribution in [2.75, 3.05) is 12.4 Å². The first-order valence-electron chi connectivity index (χ1n) is 6.59. The first kappa shape index (κ1) is 16.0. The van der Waals surface area contributed by atoms with Gasteiger partial charge < -0.3 is 4.74 Å². The van der Waals surface area contributed by atoms with Gasteiger partial charge in [-0.1, -0.05) is 30.5 Å². The van der Waals surface area contributed by atoms with Gasteiger partial charge in [0.2, 0.25) is 10.0 Å². The lowest BCUT2D eigenvalue weighted by Gasteiger charge is -2.09. The monoisotopic (exact) mass is 285 g/mol. The first-order chi connectivity index (χ1) is 8.88. The van der Waals surface area contributed by atoms with Gasteiger partial charge in [-0.15, -0.1) is 0 Å². The summed E-state index contributed by atoms with van der Waals surface area (Å²) in [5, 5.41) is 4.93. The van der Waals surface area contributed by atoms with E-state index >= 15 is 0 Å². The number of hydrogen-bond donors (Lipinski definition) is 1. The van der Waals surface area contributed by atoms with Crippen molar-refractivity contribution in [2.24, 2.45) is 5.14 Å². The van der Waals surface area contributed by atoms with Crippen molar-refractivity contribution in [3.8, 4) is 5.75 Å². The van der Waals surface area contributed by atoms with E-state index in [2.05, 4.69) is 13.0 Å². The molecule has 1 aromatic rings. The van der Waals surface area contributed by atoms with E-state index in [9.17, 15) is 8.42 Å². The summed E-state index contributed by atoms with van der Waals surface area (Å²) in [7, 11) is -3.30. The third kappa shape index (κ3) is 7.18. The highest BCUT2D eigenvalue weighted by Gasteiger charge is 2.02. The standard InChI is InChI=1S/C14H23NO3S/c1-12-7-8-14(13(2)11-12)18-9-5-3-4-6-10-19(15,16)17/h7-8,11H,3-6,9-10H2,1-2H3,(H2,15,16,17). The number of primary sulfonamides is 1. The Labute approximate surface area is 116 Å². The van der Waals surface area contributed by atoms with Gasteiger partial charge in [-0.25, -0.2) is 13.6 Å². The van der Waals surface area contributed by atoms with Gasteiger partial charge in [0, 0.05) is 0 Å². The molecule has 0 aliphatic heterocycles. The number of nitrogens with two attached hydrogens (primary N) is 1. The maximum atomic E-state index is 10.7. The number of sulfonamides is 1. The third-order valence-electron chi connectivity index (χ3n) is 2.91. The van der Waals surface area contributed by atoms with Gasteiger partial charge in [0.05, 0.1) is 12.4 Å². The minimum absolute atomic E-state index is 0.0743. The predicted octanol–water partition coefficient (Wildman–Crippen LogP) is 2.53. The van der Waals surface area contributed by atoms with Crippen molar-refractivity contribution >= 4 is 10.0 Å². The molecule has 0 unspecified atom stereocenters. The van der Waals surface area contributed by atoms with Crippen molar-refractivity contribution in [1.29, 1.82) is 0 Å². The zero-order valence-corrected chi connectivity index (χ0v) is 12.5. The van der Waals surface area contributed by atoms with Crippen LogP contribution in [0.15, 0.2) is 18.2 Å². The average Bonchev–Trinajstić information content (AvgIpc) is 2.29. The topological polar surface area (TPSA) is 69.4 Å². The van der Waals surface area contributed by atoms with E-state index in [0.717, 1.165) is 30.6 Å². The van der Waals surface area contributed by atoms with E-state index in [4.69, 9.17) is 9.88 Å². The lowest BCUT2D eigenvalue weighted by Crippen LogP contribution is -2.16. The summed E-state index contributed by atoms with van der Waals surface area (Å²) in [6.45, 7) is 4.76. The van der Waals surface area contributed by atoms with Gasteiger partial charge in [-0.2, -0.15) is 0 Å². The van der Waals surface area contributed by atoms with E-state index in [1.807, 2.05) is 19.1 Å². The smallest absolute Gasteiger partial charge is 0.209 e. The molecule has 0 heterocycles. The molecule has 0 atom stereocenters. The Morgan fingerprint density at radius 1 is 1.11 bits per heavy atom. The summed E-state index contributed by atoms with van der Waals surface area (Å²) >= 11 is 0. The zero-order chi connectivity index (χ0) is 14.3. The van der Waals surface area contributed by atoms with Crippen LogP contribution in [0.4, 0.5) is 0 Å². The SMILES string of the molecule is Cc1ccc(OCCCCCCS(N)(=O)=O)c(C)c1. The number of unbranched alkanes of at least 4 members (excludes halogenated alkanes) is 3. The summed E-state index contributed by atoms with van der Waals surface area (Å²) in [6.07, 6.45) is 3.38. The summed E-state index contributed by atoms with van der Waals surface area (Å²) in [6, 6.07) is 6.13. The highest BCUT2D eigenvalue weighted by Crippen LogP contribution is 2.19. The lowest BCUT2D eigenvalue weighted by molar-refractivity contribution is 0.303. The van der Waals surface area contributed by atoms with Crippen LogP contribution in [0.25, 0.3) is 0 Å². The van der Waals surface area contributed by atoms with E-state index in [0.29, 0.717) is 13.0 Å². The first-order valence-corrected chi connectivity index (χ1v) is 8.30. The summed E-state index contributed by atoms with van der Waals surface area (Å²) in [4.78, 5) is 0. The van der Waals surface area contributed by atoms with Crippen molar-refractivity contribution in [1.82, 2.24) is 0 Å². The van der Waals surface area contributed by atoms with Gasteiger partial charge in [0.15, 0.2) is 0 Å². The summed E-state index contributed by atoms with van der Waals surface area (Å²) in [5.41, 5.74) is 2.38. The fraction of sp³-hybridized carbons (Fsp3) is 0.571. The van der Waals surface area contributed by atoms with Crippen LogP contribution in [0.3, 0.4) is 0 Å². The van der Waals surface area contributed by atoms with E-state index in [1.54, 1.807) is 0 Å². The maximum Gasteiger partial charge on any atom is 0.209 e. The molecule has 1 aromatic carbocycles. The fourth-order valence-electron chi connectivity index (χ4n) is 1.90.